The van der Waals surface area contributed by atoms with Crippen LogP contribution in [-0.2, 0) is 11.2 Å². The number of aryl methyl sites for hydroxylation is 2. The molecule has 0 atom stereocenters. The van der Waals surface area contributed by atoms with Gasteiger partial charge in [-0.1, -0.05) is 17.7 Å². The number of thiazole rings is 1. The lowest BCUT2D eigenvalue weighted by atomic mass is 10.1. The van der Waals surface area contributed by atoms with Crippen molar-refractivity contribution in [3.8, 4) is 34.2 Å². The molecule has 2 aromatic heterocycles. The first kappa shape index (κ1) is 21.5. The maximum atomic E-state index is 12.4. The van der Waals surface area contributed by atoms with Crippen LogP contribution in [0.5, 0.6) is 11.5 Å². The Labute approximate surface area is 189 Å². The minimum absolute atomic E-state index is 0.182. The molecular formula is C23H22N4O4S. The van der Waals surface area contributed by atoms with Gasteiger partial charge < -0.3 is 19.2 Å². The smallest absolute Gasteiger partial charge is 0.247 e. The Hall–Kier alpha value is -3.72. The summed E-state index contributed by atoms with van der Waals surface area (Å²) in [6.07, 6.45) is 0.541. The first-order valence-electron chi connectivity index (χ1n) is 9.93. The highest BCUT2D eigenvalue weighted by Crippen LogP contribution is 2.35. The number of benzene rings is 2. The summed E-state index contributed by atoms with van der Waals surface area (Å²) in [5.41, 5.74) is 3.49. The van der Waals surface area contributed by atoms with Gasteiger partial charge in [0, 0.05) is 29.3 Å². The average molecular weight is 451 g/mol. The van der Waals surface area contributed by atoms with E-state index in [4.69, 9.17) is 13.9 Å². The molecule has 0 aliphatic carbocycles. The van der Waals surface area contributed by atoms with Crippen molar-refractivity contribution in [2.45, 2.75) is 19.8 Å². The fourth-order valence-electron chi connectivity index (χ4n) is 3.04. The van der Waals surface area contributed by atoms with Gasteiger partial charge in [-0.15, -0.1) is 21.5 Å². The fraction of sp³-hybridized carbons (Fsp3) is 0.217. The topological polar surface area (TPSA) is 99.4 Å². The highest BCUT2D eigenvalue weighted by molar-refractivity contribution is 7.14. The first-order valence-corrected chi connectivity index (χ1v) is 10.8. The lowest BCUT2D eigenvalue weighted by molar-refractivity contribution is -0.116. The van der Waals surface area contributed by atoms with E-state index in [1.54, 1.807) is 14.2 Å². The number of rotatable bonds is 8. The number of hydrogen-bond donors (Lipinski definition) is 1. The predicted octanol–water partition coefficient (Wildman–Crippen LogP) is 4.76. The zero-order valence-electron chi connectivity index (χ0n) is 17.9. The Morgan fingerprint density at radius 1 is 1.09 bits per heavy atom. The standard InChI is InChI=1S/C23H22N4O4S/c1-14-4-6-15(7-5-14)22-27-26-21(31-22)11-10-20(28)25-23-24-18(13-32-23)17-12-16(29-2)8-9-19(17)30-3/h4-9,12-13H,10-11H2,1-3H3,(H,24,25,28). The van der Waals surface area contributed by atoms with Gasteiger partial charge in [-0.05, 0) is 37.3 Å². The van der Waals surface area contributed by atoms with Gasteiger partial charge in [-0.3, -0.25) is 4.79 Å². The minimum Gasteiger partial charge on any atom is -0.497 e. The summed E-state index contributed by atoms with van der Waals surface area (Å²) in [4.78, 5) is 16.9. The van der Waals surface area contributed by atoms with Gasteiger partial charge in [0.25, 0.3) is 0 Å². The van der Waals surface area contributed by atoms with E-state index in [1.807, 2.05) is 54.8 Å². The number of amides is 1. The SMILES string of the molecule is COc1ccc(OC)c(-c2csc(NC(=O)CCc3nnc(-c4ccc(C)cc4)o3)n2)c1. The number of carbonyl (C=O) groups excluding carboxylic acids is 1. The molecule has 32 heavy (non-hydrogen) atoms. The van der Waals surface area contributed by atoms with Crippen LogP contribution in [0.3, 0.4) is 0 Å². The summed E-state index contributed by atoms with van der Waals surface area (Å²) >= 11 is 1.34. The third-order valence-corrected chi connectivity index (χ3v) is 5.52. The van der Waals surface area contributed by atoms with E-state index in [1.165, 1.54) is 11.3 Å². The van der Waals surface area contributed by atoms with Crippen LogP contribution < -0.4 is 14.8 Å². The molecule has 0 radical (unpaired) electrons. The van der Waals surface area contributed by atoms with Gasteiger partial charge in [0.1, 0.15) is 11.5 Å². The van der Waals surface area contributed by atoms with Crippen LogP contribution in [0.25, 0.3) is 22.7 Å². The average Bonchev–Trinajstić information content (AvgIpc) is 3.47. The fourth-order valence-corrected chi connectivity index (χ4v) is 3.77. The lowest BCUT2D eigenvalue weighted by Crippen LogP contribution is -2.12. The molecule has 0 aliphatic heterocycles. The van der Waals surface area contributed by atoms with Crippen molar-refractivity contribution in [1.82, 2.24) is 15.2 Å². The number of nitrogens with zero attached hydrogens (tertiary/aromatic N) is 3. The van der Waals surface area contributed by atoms with Crippen molar-refractivity contribution in [2.75, 3.05) is 19.5 Å². The van der Waals surface area contributed by atoms with Crippen molar-refractivity contribution in [1.29, 1.82) is 0 Å². The van der Waals surface area contributed by atoms with Gasteiger partial charge in [0.05, 0.1) is 19.9 Å². The number of carbonyl (C=O) groups is 1. The normalized spacial score (nSPS) is 10.7. The summed E-state index contributed by atoms with van der Waals surface area (Å²) in [6, 6.07) is 13.3. The van der Waals surface area contributed by atoms with Gasteiger partial charge in [-0.2, -0.15) is 0 Å². The Morgan fingerprint density at radius 2 is 1.91 bits per heavy atom. The van der Waals surface area contributed by atoms with Gasteiger partial charge in [0.2, 0.25) is 17.7 Å². The molecule has 2 heterocycles. The second-order valence-electron chi connectivity index (χ2n) is 7.02. The summed E-state index contributed by atoms with van der Waals surface area (Å²) in [5, 5.41) is 13.3. The van der Waals surface area contributed by atoms with E-state index >= 15 is 0 Å². The first-order chi connectivity index (χ1) is 15.6. The maximum absolute atomic E-state index is 12.4. The van der Waals surface area contributed by atoms with Gasteiger partial charge in [-0.25, -0.2) is 4.98 Å². The molecular weight excluding hydrogens is 428 g/mol. The summed E-state index contributed by atoms with van der Waals surface area (Å²) < 4.78 is 16.4. The minimum atomic E-state index is -0.182. The van der Waals surface area contributed by atoms with E-state index < -0.39 is 0 Å². The number of aromatic nitrogens is 3. The Bertz CT molecular complexity index is 1220. The zero-order valence-corrected chi connectivity index (χ0v) is 18.7. The lowest BCUT2D eigenvalue weighted by Gasteiger charge is -2.08. The summed E-state index contributed by atoms with van der Waals surface area (Å²) in [7, 11) is 3.20. The van der Waals surface area contributed by atoms with Crippen molar-refractivity contribution >= 4 is 22.4 Å². The van der Waals surface area contributed by atoms with E-state index in [2.05, 4.69) is 20.5 Å². The van der Waals surface area contributed by atoms with Crippen molar-refractivity contribution in [3.63, 3.8) is 0 Å². The number of nitrogens with one attached hydrogen (secondary N) is 1. The molecule has 4 aromatic rings. The third kappa shape index (κ3) is 4.94. The molecule has 1 N–H and O–H groups in total. The molecule has 4 rings (SSSR count). The van der Waals surface area contributed by atoms with Crippen LogP contribution in [0.2, 0.25) is 0 Å². The van der Waals surface area contributed by atoms with Crippen LogP contribution in [-0.4, -0.2) is 35.3 Å². The molecule has 0 fully saturated rings. The molecule has 0 bridgehead atoms. The van der Waals surface area contributed by atoms with Crippen LogP contribution in [0.1, 0.15) is 17.9 Å². The van der Waals surface area contributed by atoms with Gasteiger partial charge >= 0.3 is 0 Å². The molecule has 2 aromatic carbocycles. The monoisotopic (exact) mass is 450 g/mol. The largest absolute Gasteiger partial charge is 0.497 e. The van der Waals surface area contributed by atoms with Crippen LogP contribution in [0, 0.1) is 6.92 Å². The molecule has 164 valence electrons. The van der Waals surface area contributed by atoms with Crippen LogP contribution >= 0.6 is 11.3 Å². The zero-order chi connectivity index (χ0) is 22.5. The summed E-state index contributed by atoms with van der Waals surface area (Å²) in [5.74, 6) is 2.05. The van der Waals surface area contributed by atoms with E-state index in [-0.39, 0.29) is 12.3 Å². The molecule has 0 saturated carbocycles. The molecule has 0 spiro atoms. The quantitative estimate of drug-likeness (QED) is 0.413. The van der Waals surface area contributed by atoms with E-state index in [0.717, 1.165) is 16.7 Å². The number of methoxy groups -OCH3 is 2. The number of anilines is 1. The molecule has 0 aliphatic rings. The molecule has 9 heteroatoms. The van der Waals surface area contributed by atoms with Gasteiger partial charge in [0.15, 0.2) is 5.13 Å². The predicted molar refractivity (Wildman–Crippen MR) is 122 cm³/mol. The van der Waals surface area contributed by atoms with Crippen LogP contribution in [0.15, 0.2) is 52.3 Å². The second kappa shape index (κ2) is 9.61. The number of ether oxygens (including phenoxy) is 2. The molecule has 1 amide bonds. The van der Waals surface area contributed by atoms with Crippen molar-refractivity contribution < 1.29 is 18.7 Å². The Morgan fingerprint density at radius 3 is 2.66 bits per heavy atom. The third-order valence-electron chi connectivity index (χ3n) is 4.76. The van der Waals surface area contributed by atoms with E-state index in [9.17, 15) is 4.79 Å². The second-order valence-corrected chi connectivity index (χ2v) is 7.88. The summed E-state index contributed by atoms with van der Waals surface area (Å²) in [6.45, 7) is 2.01. The Kier molecular flexibility index (Phi) is 6.46. The van der Waals surface area contributed by atoms with E-state index in [0.29, 0.717) is 40.5 Å². The van der Waals surface area contributed by atoms with Crippen LogP contribution in [0.4, 0.5) is 5.13 Å². The highest BCUT2D eigenvalue weighted by atomic mass is 32.1. The molecule has 8 nitrogen and oxygen atoms in total. The Balaban J connectivity index is 1.37. The maximum Gasteiger partial charge on any atom is 0.247 e. The highest BCUT2D eigenvalue weighted by Gasteiger charge is 2.14. The van der Waals surface area contributed by atoms with Crippen molar-refractivity contribution in [3.05, 3.63) is 59.3 Å². The van der Waals surface area contributed by atoms with Crippen molar-refractivity contribution in [2.24, 2.45) is 0 Å². The number of hydrogen-bond acceptors (Lipinski definition) is 8. The molecule has 0 saturated heterocycles. The molecule has 0 unspecified atom stereocenters.